The SMILES string of the molecule is C[C@@H]1CC(=O)N(CCOCc2ccccc2)c2cc(F)ccc2O1. The van der Waals surface area contributed by atoms with E-state index in [1.807, 2.05) is 37.3 Å². The minimum atomic E-state index is -0.394. The number of hydrogen-bond acceptors (Lipinski definition) is 3. The van der Waals surface area contributed by atoms with E-state index in [0.29, 0.717) is 31.2 Å². The predicted octanol–water partition coefficient (Wildman–Crippen LogP) is 3.55. The van der Waals surface area contributed by atoms with Crippen molar-refractivity contribution in [1.29, 1.82) is 0 Å². The lowest BCUT2D eigenvalue weighted by molar-refractivity contribution is -0.119. The van der Waals surface area contributed by atoms with E-state index < -0.39 is 5.82 Å². The maximum atomic E-state index is 13.6. The summed E-state index contributed by atoms with van der Waals surface area (Å²) in [5, 5.41) is 0. The second-order valence-corrected chi connectivity index (χ2v) is 5.83. The Morgan fingerprint density at radius 1 is 1.25 bits per heavy atom. The first-order chi connectivity index (χ1) is 11.6. The molecule has 0 radical (unpaired) electrons. The van der Waals surface area contributed by atoms with Crippen LogP contribution in [0.5, 0.6) is 5.75 Å². The number of halogens is 1. The molecule has 0 aromatic heterocycles. The number of fused-ring (bicyclic) bond motifs is 1. The molecule has 1 aliphatic heterocycles. The highest BCUT2D eigenvalue weighted by molar-refractivity contribution is 5.95. The Balaban J connectivity index is 1.67. The average molecular weight is 329 g/mol. The normalized spacial score (nSPS) is 17.2. The van der Waals surface area contributed by atoms with Gasteiger partial charge in [-0.3, -0.25) is 4.79 Å². The zero-order valence-corrected chi connectivity index (χ0v) is 13.6. The van der Waals surface area contributed by atoms with E-state index in [1.54, 1.807) is 11.0 Å². The van der Waals surface area contributed by atoms with Gasteiger partial charge < -0.3 is 14.4 Å². The van der Waals surface area contributed by atoms with Crippen molar-refractivity contribution >= 4 is 11.6 Å². The highest BCUT2D eigenvalue weighted by atomic mass is 19.1. The summed E-state index contributed by atoms with van der Waals surface area (Å²) in [4.78, 5) is 14.0. The van der Waals surface area contributed by atoms with E-state index in [9.17, 15) is 9.18 Å². The minimum absolute atomic E-state index is 0.0878. The summed E-state index contributed by atoms with van der Waals surface area (Å²) in [6.45, 7) is 3.04. The third-order valence-electron chi connectivity index (χ3n) is 3.87. The summed E-state index contributed by atoms with van der Waals surface area (Å²) in [6.07, 6.45) is 0.0200. The van der Waals surface area contributed by atoms with Gasteiger partial charge in [-0.2, -0.15) is 0 Å². The number of carbonyl (C=O) groups is 1. The van der Waals surface area contributed by atoms with Crippen molar-refractivity contribution in [3.05, 3.63) is 59.9 Å². The molecule has 5 heteroatoms. The number of nitrogens with zero attached hydrogens (tertiary/aromatic N) is 1. The molecule has 0 unspecified atom stereocenters. The van der Waals surface area contributed by atoms with Gasteiger partial charge in [0.15, 0.2) is 0 Å². The first-order valence-corrected chi connectivity index (χ1v) is 8.02. The zero-order chi connectivity index (χ0) is 16.9. The monoisotopic (exact) mass is 329 g/mol. The largest absolute Gasteiger partial charge is 0.488 e. The van der Waals surface area contributed by atoms with Crippen molar-refractivity contribution in [2.75, 3.05) is 18.1 Å². The van der Waals surface area contributed by atoms with Crippen LogP contribution in [0.1, 0.15) is 18.9 Å². The van der Waals surface area contributed by atoms with Crippen LogP contribution in [0.25, 0.3) is 0 Å². The van der Waals surface area contributed by atoms with Crippen molar-refractivity contribution in [3.8, 4) is 5.75 Å². The smallest absolute Gasteiger partial charge is 0.230 e. The number of carbonyl (C=O) groups excluding carboxylic acids is 1. The fourth-order valence-corrected chi connectivity index (χ4v) is 2.72. The molecule has 1 heterocycles. The van der Waals surface area contributed by atoms with Gasteiger partial charge in [0.2, 0.25) is 5.91 Å². The van der Waals surface area contributed by atoms with Gasteiger partial charge in [-0.1, -0.05) is 30.3 Å². The van der Waals surface area contributed by atoms with Crippen LogP contribution in [0, 0.1) is 5.82 Å². The van der Waals surface area contributed by atoms with Crippen molar-refractivity contribution in [2.45, 2.75) is 26.1 Å². The molecule has 1 amide bonds. The van der Waals surface area contributed by atoms with Crippen molar-refractivity contribution < 1.29 is 18.7 Å². The molecule has 1 atom stereocenters. The minimum Gasteiger partial charge on any atom is -0.488 e. The molecule has 126 valence electrons. The molecular formula is C19H20FNO3. The molecule has 1 aliphatic rings. The summed E-state index contributed by atoms with van der Waals surface area (Å²) < 4.78 is 25.0. The van der Waals surface area contributed by atoms with E-state index in [2.05, 4.69) is 0 Å². The molecule has 24 heavy (non-hydrogen) atoms. The number of ether oxygens (including phenoxy) is 2. The molecule has 0 saturated carbocycles. The summed E-state index contributed by atoms with van der Waals surface area (Å²) in [7, 11) is 0. The number of benzene rings is 2. The van der Waals surface area contributed by atoms with E-state index in [1.165, 1.54) is 12.1 Å². The van der Waals surface area contributed by atoms with Crippen LogP contribution in [-0.2, 0) is 16.1 Å². The molecule has 0 spiro atoms. The molecule has 3 rings (SSSR count). The standard InChI is InChI=1S/C19H20FNO3/c1-14-11-19(22)21(17-12-16(20)7-8-18(17)24-14)9-10-23-13-15-5-3-2-4-6-15/h2-8,12,14H,9-11,13H2,1H3/t14-/m1/s1. The zero-order valence-electron chi connectivity index (χ0n) is 13.6. The summed E-state index contributed by atoms with van der Waals surface area (Å²) in [6, 6.07) is 14.1. The first kappa shape index (κ1) is 16.5. The van der Waals surface area contributed by atoms with Gasteiger partial charge in [-0.25, -0.2) is 4.39 Å². The Hall–Kier alpha value is -2.40. The third kappa shape index (κ3) is 3.92. The van der Waals surface area contributed by atoms with Gasteiger partial charge in [-0.15, -0.1) is 0 Å². The summed E-state index contributed by atoms with van der Waals surface area (Å²) in [5.41, 5.74) is 1.54. The van der Waals surface area contributed by atoms with E-state index >= 15 is 0 Å². The van der Waals surface area contributed by atoms with Crippen LogP contribution in [-0.4, -0.2) is 25.2 Å². The molecule has 2 aromatic rings. The van der Waals surface area contributed by atoms with E-state index in [4.69, 9.17) is 9.47 Å². The Bertz CT molecular complexity index is 705. The van der Waals surface area contributed by atoms with Crippen molar-refractivity contribution in [3.63, 3.8) is 0 Å². The molecule has 0 bridgehead atoms. The van der Waals surface area contributed by atoms with Crippen LogP contribution >= 0.6 is 0 Å². The maximum absolute atomic E-state index is 13.6. The topological polar surface area (TPSA) is 38.8 Å². The first-order valence-electron chi connectivity index (χ1n) is 8.02. The maximum Gasteiger partial charge on any atom is 0.230 e. The van der Waals surface area contributed by atoms with Crippen LogP contribution in [0.2, 0.25) is 0 Å². The lowest BCUT2D eigenvalue weighted by atomic mass is 10.2. The third-order valence-corrected chi connectivity index (χ3v) is 3.87. The van der Waals surface area contributed by atoms with Gasteiger partial charge in [0, 0.05) is 12.6 Å². The second-order valence-electron chi connectivity index (χ2n) is 5.83. The highest BCUT2D eigenvalue weighted by Gasteiger charge is 2.27. The summed E-state index contributed by atoms with van der Waals surface area (Å²) in [5.74, 6) is 0.0443. The molecular weight excluding hydrogens is 309 g/mol. The fourth-order valence-electron chi connectivity index (χ4n) is 2.72. The van der Waals surface area contributed by atoms with Crippen molar-refractivity contribution in [1.82, 2.24) is 0 Å². The number of hydrogen-bond donors (Lipinski definition) is 0. The number of amides is 1. The van der Waals surface area contributed by atoms with Gasteiger partial charge in [0.1, 0.15) is 17.7 Å². The molecule has 4 nitrogen and oxygen atoms in total. The molecule has 0 N–H and O–H groups in total. The summed E-state index contributed by atoms with van der Waals surface area (Å²) >= 11 is 0. The van der Waals surface area contributed by atoms with Crippen molar-refractivity contribution in [2.24, 2.45) is 0 Å². The van der Waals surface area contributed by atoms with Crippen LogP contribution in [0.3, 0.4) is 0 Å². The van der Waals surface area contributed by atoms with Gasteiger partial charge in [0.25, 0.3) is 0 Å². The number of anilines is 1. The van der Waals surface area contributed by atoms with Gasteiger partial charge in [-0.05, 0) is 24.6 Å². The Labute approximate surface area is 140 Å². The lowest BCUT2D eigenvalue weighted by Gasteiger charge is -2.21. The highest BCUT2D eigenvalue weighted by Crippen LogP contribution is 2.33. The molecule has 0 aliphatic carbocycles. The second kappa shape index (κ2) is 7.45. The Morgan fingerprint density at radius 3 is 2.83 bits per heavy atom. The van der Waals surface area contributed by atoms with E-state index in [-0.39, 0.29) is 18.4 Å². The van der Waals surface area contributed by atoms with E-state index in [0.717, 1.165) is 5.56 Å². The van der Waals surface area contributed by atoms with Crippen LogP contribution in [0.15, 0.2) is 48.5 Å². The molecule has 0 fully saturated rings. The fraction of sp³-hybridized carbons (Fsp3) is 0.316. The average Bonchev–Trinajstić information content (AvgIpc) is 2.68. The number of rotatable bonds is 5. The van der Waals surface area contributed by atoms with Gasteiger partial charge >= 0.3 is 0 Å². The Morgan fingerprint density at radius 2 is 2.04 bits per heavy atom. The molecule has 0 saturated heterocycles. The lowest BCUT2D eigenvalue weighted by Crippen LogP contribution is -2.34. The quantitative estimate of drug-likeness (QED) is 0.788. The molecule has 2 aromatic carbocycles. The van der Waals surface area contributed by atoms with Crippen LogP contribution in [0.4, 0.5) is 10.1 Å². The predicted molar refractivity (Wildman–Crippen MR) is 89.6 cm³/mol. The Kier molecular flexibility index (Phi) is 5.11. The van der Waals surface area contributed by atoms with Gasteiger partial charge in [0.05, 0.1) is 25.3 Å². The van der Waals surface area contributed by atoms with Crippen LogP contribution < -0.4 is 9.64 Å².